The molecule has 0 unspecified atom stereocenters. The molecule has 2 aromatic rings. The molecule has 0 fully saturated rings. The molecule has 110 valence electrons. The van der Waals surface area contributed by atoms with Crippen molar-refractivity contribution in [3.63, 3.8) is 0 Å². The molecule has 0 saturated heterocycles. The molecule has 21 heavy (non-hydrogen) atoms. The van der Waals surface area contributed by atoms with Crippen molar-refractivity contribution >= 4 is 21.7 Å². The van der Waals surface area contributed by atoms with Crippen molar-refractivity contribution in [3.8, 4) is 17.2 Å². The number of halogens is 1. The normalized spacial score (nSPS) is 10.2. The van der Waals surface area contributed by atoms with Crippen LogP contribution in [-0.2, 0) is 0 Å². The molecule has 0 saturated carbocycles. The van der Waals surface area contributed by atoms with Gasteiger partial charge in [-0.05, 0) is 55.8 Å². The van der Waals surface area contributed by atoms with E-state index in [9.17, 15) is 4.79 Å². The van der Waals surface area contributed by atoms with Crippen LogP contribution in [0.4, 0.5) is 0 Å². The molecule has 0 aliphatic carbocycles. The maximum atomic E-state index is 11.7. The summed E-state index contributed by atoms with van der Waals surface area (Å²) in [5, 5.41) is 0. The lowest BCUT2D eigenvalue weighted by atomic mass is 10.1. The Kier molecular flexibility index (Phi) is 5.39. The number of carbonyl (C=O) groups is 1. The highest BCUT2D eigenvalue weighted by molar-refractivity contribution is 9.10. The highest BCUT2D eigenvalue weighted by atomic mass is 79.9. The number of carbonyl (C=O) groups excluding carboxylic acids is 1. The Morgan fingerprint density at radius 1 is 1.10 bits per heavy atom. The minimum absolute atomic E-state index is 0.0331. The molecular formula is C17H17BrO3. The molecule has 0 heterocycles. The fourth-order valence-corrected chi connectivity index (χ4v) is 2.18. The van der Waals surface area contributed by atoms with E-state index in [1.54, 1.807) is 12.1 Å². The predicted octanol–water partition coefficient (Wildman–Crippen LogP) is 5.23. The van der Waals surface area contributed by atoms with Crippen LogP contribution in [0.5, 0.6) is 17.2 Å². The zero-order valence-electron chi connectivity index (χ0n) is 12.1. The largest absolute Gasteiger partial charge is 0.494 e. The molecule has 0 atom stereocenters. The van der Waals surface area contributed by atoms with Gasteiger partial charge in [-0.1, -0.05) is 22.9 Å². The van der Waals surface area contributed by atoms with Crippen molar-refractivity contribution < 1.29 is 14.3 Å². The summed E-state index contributed by atoms with van der Waals surface area (Å²) in [5.74, 6) is 2.00. The zero-order chi connectivity index (χ0) is 15.2. The van der Waals surface area contributed by atoms with Crippen LogP contribution in [0.1, 0.15) is 30.6 Å². The van der Waals surface area contributed by atoms with E-state index in [2.05, 4.69) is 22.9 Å². The molecule has 0 bridgehead atoms. The van der Waals surface area contributed by atoms with Crippen LogP contribution in [0.3, 0.4) is 0 Å². The molecule has 4 heteroatoms. The highest BCUT2D eigenvalue weighted by Gasteiger charge is 2.10. The second-order valence-corrected chi connectivity index (χ2v) is 5.53. The van der Waals surface area contributed by atoms with E-state index < -0.39 is 0 Å². The summed E-state index contributed by atoms with van der Waals surface area (Å²) in [6, 6.07) is 12.8. The summed E-state index contributed by atoms with van der Waals surface area (Å²) in [7, 11) is 0. The average molecular weight is 349 g/mol. The van der Waals surface area contributed by atoms with Crippen LogP contribution in [0.15, 0.2) is 46.9 Å². The van der Waals surface area contributed by atoms with Gasteiger partial charge in [-0.2, -0.15) is 0 Å². The van der Waals surface area contributed by atoms with E-state index >= 15 is 0 Å². The van der Waals surface area contributed by atoms with Gasteiger partial charge in [0.2, 0.25) is 0 Å². The van der Waals surface area contributed by atoms with Crippen molar-refractivity contribution in [2.45, 2.75) is 20.3 Å². The van der Waals surface area contributed by atoms with Crippen LogP contribution in [0.2, 0.25) is 0 Å². The van der Waals surface area contributed by atoms with Crippen molar-refractivity contribution in [3.05, 3.63) is 52.5 Å². The SMILES string of the molecule is CCCOc1ccc(Oc2ccc(Br)cc2C(C)=O)cc1. The van der Waals surface area contributed by atoms with Crippen LogP contribution in [-0.4, -0.2) is 12.4 Å². The number of hydrogen-bond acceptors (Lipinski definition) is 3. The van der Waals surface area contributed by atoms with Gasteiger partial charge in [0.1, 0.15) is 17.2 Å². The smallest absolute Gasteiger partial charge is 0.163 e. The zero-order valence-corrected chi connectivity index (χ0v) is 13.6. The van der Waals surface area contributed by atoms with E-state index in [4.69, 9.17) is 9.47 Å². The van der Waals surface area contributed by atoms with Gasteiger partial charge in [-0.15, -0.1) is 0 Å². The van der Waals surface area contributed by atoms with Crippen molar-refractivity contribution in [1.29, 1.82) is 0 Å². The molecular weight excluding hydrogens is 332 g/mol. The summed E-state index contributed by atoms with van der Waals surface area (Å²) in [6.45, 7) is 4.28. The third-order valence-electron chi connectivity index (χ3n) is 2.85. The fraction of sp³-hybridized carbons (Fsp3) is 0.235. The van der Waals surface area contributed by atoms with Crippen LogP contribution in [0.25, 0.3) is 0 Å². The highest BCUT2D eigenvalue weighted by Crippen LogP contribution is 2.29. The molecule has 0 amide bonds. The lowest BCUT2D eigenvalue weighted by Crippen LogP contribution is -1.97. The molecule has 0 aromatic heterocycles. The first-order valence-electron chi connectivity index (χ1n) is 6.81. The Morgan fingerprint density at radius 3 is 2.38 bits per heavy atom. The summed E-state index contributed by atoms with van der Waals surface area (Å²) in [4.78, 5) is 11.7. The minimum Gasteiger partial charge on any atom is -0.494 e. The Hall–Kier alpha value is -1.81. The Bertz CT molecular complexity index is 620. The number of ketones is 1. The molecule has 0 aliphatic rings. The fourth-order valence-electron chi connectivity index (χ4n) is 1.82. The van der Waals surface area contributed by atoms with E-state index in [1.807, 2.05) is 30.3 Å². The van der Waals surface area contributed by atoms with Gasteiger partial charge in [-0.25, -0.2) is 0 Å². The molecule has 0 N–H and O–H groups in total. The molecule has 0 spiro atoms. The second kappa shape index (κ2) is 7.27. The first-order valence-corrected chi connectivity index (χ1v) is 7.60. The van der Waals surface area contributed by atoms with Crippen molar-refractivity contribution in [1.82, 2.24) is 0 Å². The van der Waals surface area contributed by atoms with Crippen LogP contribution >= 0.6 is 15.9 Å². The molecule has 2 rings (SSSR count). The summed E-state index contributed by atoms with van der Waals surface area (Å²) >= 11 is 3.36. The van der Waals surface area contributed by atoms with E-state index in [1.165, 1.54) is 6.92 Å². The van der Waals surface area contributed by atoms with E-state index in [-0.39, 0.29) is 5.78 Å². The van der Waals surface area contributed by atoms with Crippen molar-refractivity contribution in [2.24, 2.45) is 0 Å². The van der Waals surface area contributed by atoms with Crippen LogP contribution < -0.4 is 9.47 Å². The van der Waals surface area contributed by atoms with Gasteiger partial charge in [0.15, 0.2) is 5.78 Å². The van der Waals surface area contributed by atoms with Gasteiger partial charge >= 0.3 is 0 Å². The minimum atomic E-state index is -0.0331. The third kappa shape index (κ3) is 4.33. The lowest BCUT2D eigenvalue weighted by molar-refractivity contribution is 0.101. The van der Waals surface area contributed by atoms with Gasteiger partial charge in [0.05, 0.1) is 12.2 Å². The monoisotopic (exact) mass is 348 g/mol. The quantitative estimate of drug-likeness (QED) is 0.670. The van der Waals surface area contributed by atoms with Gasteiger partial charge in [-0.3, -0.25) is 4.79 Å². The Balaban J connectivity index is 2.16. The first-order chi connectivity index (χ1) is 10.1. The topological polar surface area (TPSA) is 35.5 Å². The number of rotatable bonds is 6. The second-order valence-electron chi connectivity index (χ2n) is 4.62. The summed E-state index contributed by atoms with van der Waals surface area (Å²) in [5.41, 5.74) is 0.552. The maximum absolute atomic E-state index is 11.7. The molecule has 0 aliphatic heterocycles. The van der Waals surface area contributed by atoms with Gasteiger partial charge < -0.3 is 9.47 Å². The van der Waals surface area contributed by atoms with E-state index in [0.29, 0.717) is 23.7 Å². The molecule has 0 radical (unpaired) electrons. The van der Waals surface area contributed by atoms with Gasteiger partial charge in [0.25, 0.3) is 0 Å². The molecule has 2 aromatic carbocycles. The maximum Gasteiger partial charge on any atom is 0.163 e. The molecule has 3 nitrogen and oxygen atoms in total. The standard InChI is InChI=1S/C17H17BrO3/c1-3-10-20-14-5-7-15(8-6-14)21-17-9-4-13(18)11-16(17)12(2)19/h4-9,11H,3,10H2,1-2H3. The Morgan fingerprint density at radius 2 is 1.76 bits per heavy atom. The first kappa shape index (κ1) is 15.6. The number of benzene rings is 2. The van der Waals surface area contributed by atoms with Crippen molar-refractivity contribution in [2.75, 3.05) is 6.61 Å². The Labute approximate surface area is 133 Å². The number of hydrogen-bond donors (Lipinski definition) is 0. The third-order valence-corrected chi connectivity index (χ3v) is 3.34. The van der Waals surface area contributed by atoms with Gasteiger partial charge in [0, 0.05) is 4.47 Å². The summed E-state index contributed by atoms with van der Waals surface area (Å²) in [6.07, 6.45) is 0.971. The number of Topliss-reactive ketones (excluding diaryl/α,β-unsaturated/α-hetero) is 1. The van der Waals surface area contributed by atoms with E-state index in [0.717, 1.165) is 16.6 Å². The lowest BCUT2D eigenvalue weighted by Gasteiger charge is -2.11. The van der Waals surface area contributed by atoms with Crippen LogP contribution in [0, 0.1) is 0 Å². The predicted molar refractivity (Wildman–Crippen MR) is 86.4 cm³/mol. The summed E-state index contributed by atoms with van der Waals surface area (Å²) < 4.78 is 12.2. The average Bonchev–Trinajstić information content (AvgIpc) is 2.48. The number of ether oxygens (including phenoxy) is 2.